The molecule has 0 aromatic rings. The van der Waals surface area contributed by atoms with E-state index in [9.17, 15) is 0 Å². The highest BCUT2D eigenvalue weighted by Crippen LogP contribution is 2.26. The molecule has 2 heterocycles. The second-order valence-corrected chi connectivity index (χ2v) is 5.95. The fraction of sp³-hybridized carbons (Fsp3) is 1.00. The molecule has 16 heavy (non-hydrogen) atoms. The van der Waals surface area contributed by atoms with E-state index in [-0.39, 0.29) is 0 Å². The van der Waals surface area contributed by atoms with E-state index in [1.165, 1.54) is 51.9 Å². The highest BCUT2D eigenvalue weighted by molar-refractivity contribution is 4.84. The summed E-state index contributed by atoms with van der Waals surface area (Å²) in [5.74, 6) is 0.952. The van der Waals surface area contributed by atoms with E-state index in [0.29, 0.717) is 0 Å². The van der Waals surface area contributed by atoms with Crippen LogP contribution in [-0.4, -0.2) is 48.1 Å². The number of likely N-dealkylation sites (tertiary alicyclic amines) is 2. The summed E-state index contributed by atoms with van der Waals surface area (Å²) in [6, 6.07) is 1.57. The molecule has 2 fully saturated rings. The predicted octanol–water partition coefficient (Wildman–Crippen LogP) is 2.59. The smallest absolute Gasteiger partial charge is 0.00961 e. The normalized spacial score (nSPS) is 27.8. The van der Waals surface area contributed by atoms with Gasteiger partial charge in [-0.2, -0.15) is 0 Å². The van der Waals surface area contributed by atoms with E-state index in [4.69, 9.17) is 0 Å². The Bertz CT molecular complexity index is 201. The number of rotatable bonds is 3. The molecule has 2 nitrogen and oxygen atoms in total. The van der Waals surface area contributed by atoms with Crippen LogP contribution in [0, 0.1) is 5.92 Å². The van der Waals surface area contributed by atoms with Gasteiger partial charge in [0.1, 0.15) is 0 Å². The maximum Gasteiger partial charge on any atom is 0.00961 e. The van der Waals surface area contributed by atoms with Gasteiger partial charge in [0.2, 0.25) is 0 Å². The van der Waals surface area contributed by atoms with Crippen LogP contribution in [0.4, 0.5) is 0 Å². The lowest BCUT2D eigenvalue weighted by Gasteiger charge is -2.39. The van der Waals surface area contributed by atoms with Crippen LogP contribution in [0.3, 0.4) is 0 Å². The van der Waals surface area contributed by atoms with Gasteiger partial charge in [-0.25, -0.2) is 0 Å². The summed E-state index contributed by atoms with van der Waals surface area (Å²) in [4.78, 5) is 5.35. The Balaban J connectivity index is 1.79. The molecule has 0 spiro atoms. The Morgan fingerprint density at radius 3 is 1.88 bits per heavy atom. The molecule has 1 atom stereocenters. The zero-order valence-electron chi connectivity index (χ0n) is 11.3. The lowest BCUT2D eigenvalue weighted by atomic mass is 9.89. The van der Waals surface area contributed by atoms with E-state index >= 15 is 0 Å². The molecule has 0 radical (unpaired) electrons. The van der Waals surface area contributed by atoms with E-state index < -0.39 is 0 Å². The van der Waals surface area contributed by atoms with Crippen molar-refractivity contribution in [2.45, 2.75) is 58.5 Å². The number of hydrogen-bond donors (Lipinski definition) is 0. The van der Waals surface area contributed by atoms with E-state index in [0.717, 1.165) is 18.0 Å². The van der Waals surface area contributed by atoms with Crippen molar-refractivity contribution in [1.29, 1.82) is 0 Å². The minimum atomic E-state index is 0.739. The molecule has 0 saturated carbocycles. The summed E-state index contributed by atoms with van der Waals surface area (Å²) in [5.41, 5.74) is 0. The van der Waals surface area contributed by atoms with Crippen molar-refractivity contribution in [3.8, 4) is 0 Å². The van der Waals surface area contributed by atoms with Crippen LogP contribution in [0.15, 0.2) is 0 Å². The zero-order chi connectivity index (χ0) is 11.5. The number of hydrogen-bond acceptors (Lipinski definition) is 2. The average molecular weight is 224 g/mol. The minimum Gasteiger partial charge on any atom is -0.301 e. The molecule has 94 valence electrons. The van der Waals surface area contributed by atoms with Crippen molar-refractivity contribution in [2.24, 2.45) is 5.92 Å². The Morgan fingerprint density at radius 1 is 0.812 bits per heavy atom. The minimum absolute atomic E-state index is 0.739. The zero-order valence-corrected chi connectivity index (χ0v) is 11.3. The van der Waals surface area contributed by atoms with Crippen molar-refractivity contribution >= 4 is 0 Å². The summed E-state index contributed by atoms with van der Waals surface area (Å²) in [7, 11) is 0. The predicted molar refractivity (Wildman–Crippen MR) is 69.7 cm³/mol. The quantitative estimate of drug-likeness (QED) is 0.727. The summed E-state index contributed by atoms with van der Waals surface area (Å²) >= 11 is 0. The molecular formula is C14H28N2. The first kappa shape index (κ1) is 12.4. The van der Waals surface area contributed by atoms with E-state index in [2.05, 4.69) is 30.6 Å². The Morgan fingerprint density at radius 2 is 1.38 bits per heavy atom. The fourth-order valence-corrected chi connectivity index (χ4v) is 3.37. The molecule has 2 heteroatoms. The lowest BCUT2D eigenvalue weighted by Crippen LogP contribution is -2.45. The van der Waals surface area contributed by atoms with Crippen LogP contribution in [0.1, 0.15) is 46.5 Å². The molecular weight excluding hydrogens is 196 g/mol. The van der Waals surface area contributed by atoms with Crippen LogP contribution >= 0.6 is 0 Å². The van der Waals surface area contributed by atoms with Crippen LogP contribution in [-0.2, 0) is 0 Å². The summed E-state index contributed by atoms with van der Waals surface area (Å²) in [6.07, 6.45) is 5.68. The summed E-state index contributed by atoms with van der Waals surface area (Å²) in [6.45, 7) is 12.5. The third-order valence-electron chi connectivity index (χ3n) is 4.70. The third-order valence-corrected chi connectivity index (χ3v) is 4.70. The molecule has 2 rings (SSSR count). The molecule has 2 aliphatic rings. The molecule has 0 aromatic carbocycles. The van der Waals surface area contributed by atoms with Crippen molar-refractivity contribution in [3.05, 3.63) is 0 Å². The average Bonchev–Trinajstić information content (AvgIpc) is 2.81. The molecule has 0 N–H and O–H groups in total. The van der Waals surface area contributed by atoms with Gasteiger partial charge in [-0.3, -0.25) is 0 Å². The molecule has 2 aliphatic heterocycles. The molecule has 0 aliphatic carbocycles. The van der Waals surface area contributed by atoms with Gasteiger partial charge in [0.05, 0.1) is 0 Å². The van der Waals surface area contributed by atoms with Crippen molar-refractivity contribution in [1.82, 2.24) is 9.80 Å². The molecule has 0 bridgehead atoms. The van der Waals surface area contributed by atoms with Gasteiger partial charge in [0.25, 0.3) is 0 Å². The molecule has 2 saturated heterocycles. The second-order valence-electron chi connectivity index (χ2n) is 5.95. The molecule has 0 amide bonds. The highest BCUT2D eigenvalue weighted by atomic mass is 15.2. The second kappa shape index (κ2) is 5.50. The monoisotopic (exact) mass is 224 g/mol. The van der Waals surface area contributed by atoms with Crippen molar-refractivity contribution in [3.63, 3.8) is 0 Å². The highest BCUT2D eigenvalue weighted by Gasteiger charge is 2.29. The van der Waals surface area contributed by atoms with E-state index in [1.54, 1.807) is 0 Å². The van der Waals surface area contributed by atoms with Crippen molar-refractivity contribution < 1.29 is 0 Å². The van der Waals surface area contributed by atoms with Gasteiger partial charge < -0.3 is 9.80 Å². The Labute approximate surface area is 101 Å². The lowest BCUT2D eigenvalue weighted by molar-refractivity contribution is 0.0951. The van der Waals surface area contributed by atoms with Gasteiger partial charge >= 0.3 is 0 Å². The SMILES string of the molecule is CC(C)N1CCC(C(C)N2CCCC2)CC1. The fourth-order valence-electron chi connectivity index (χ4n) is 3.37. The maximum atomic E-state index is 2.72. The number of piperidine rings is 1. The van der Waals surface area contributed by atoms with Crippen LogP contribution in [0.5, 0.6) is 0 Å². The summed E-state index contributed by atoms with van der Waals surface area (Å²) in [5, 5.41) is 0. The maximum absolute atomic E-state index is 2.72. The molecule has 0 aromatic heterocycles. The largest absolute Gasteiger partial charge is 0.301 e. The first-order chi connectivity index (χ1) is 7.68. The van der Waals surface area contributed by atoms with Crippen LogP contribution in [0.25, 0.3) is 0 Å². The number of nitrogens with zero attached hydrogens (tertiary/aromatic N) is 2. The third kappa shape index (κ3) is 2.78. The first-order valence-corrected chi connectivity index (χ1v) is 7.16. The topological polar surface area (TPSA) is 6.48 Å². The Hall–Kier alpha value is -0.0800. The van der Waals surface area contributed by atoms with Crippen LogP contribution in [0.2, 0.25) is 0 Å². The van der Waals surface area contributed by atoms with Gasteiger partial charge in [-0.15, -0.1) is 0 Å². The van der Waals surface area contributed by atoms with Crippen molar-refractivity contribution in [2.75, 3.05) is 26.2 Å². The standard InChI is InChI=1S/C14H28N2/c1-12(2)15-10-6-14(7-11-15)13(3)16-8-4-5-9-16/h12-14H,4-11H2,1-3H3. The van der Waals surface area contributed by atoms with Gasteiger partial charge in [0.15, 0.2) is 0 Å². The Kier molecular flexibility index (Phi) is 4.26. The first-order valence-electron chi connectivity index (χ1n) is 7.16. The van der Waals surface area contributed by atoms with Crippen LogP contribution < -0.4 is 0 Å². The summed E-state index contributed by atoms with van der Waals surface area (Å²) < 4.78 is 0. The van der Waals surface area contributed by atoms with Gasteiger partial charge in [-0.1, -0.05) is 0 Å². The molecule has 1 unspecified atom stereocenters. The van der Waals surface area contributed by atoms with E-state index in [1.807, 2.05) is 0 Å². The van der Waals surface area contributed by atoms with Gasteiger partial charge in [0, 0.05) is 12.1 Å². The van der Waals surface area contributed by atoms with Gasteiger partial charge in [-0.05, 0) is 78.6 Å².